The molecule has 0 spiro atoms. The zero-order chi connectivity index (χ0) is 14.0. The monoisotopic (exact) mass is 281 g/mol. The van der Waals surface area contributed by atoms with Crippen molar-refractivity contribution in [2.75, 3.05) is 13.2 Å². The summed E-state index contributed by atoms with van der Waals surface area (Å²) >= 11 is 0. The third-order valence-corrected chi connectivity index (χ3v) is 4.34. The summed E-state index contributed by atoms with van der Waals surface area (Å²) in [4.78, 5) is 4.56. The van der Waals surface area contributed by atoms with Crippen molar-refractivity contribution >= 4 is 0 Å². The molecule has 0 amide bonds. The number of rotatable bonds is 4. The highest BCUT2D eigenvalue weighted by molar-refractivity contribution is 5.06. The van der Waals surface area contributed by atoms with Crippen molar-refractivity contribution in [3.8, 4) is 0 Å². The summed E-state index contributed by atoms with van der Waals surface area (Å²) in [6, 6.07) is -0.0338. The molecule has 2 heterocycles. The molecule has 6 heteroatoms. The van der Waals surface area contributed by atoms with Gasteiger partial charge in [-0.1, -0.05) is 24.4 Å². The Morgan fingerprint density at radius 3 is 2.85 bits per heavy atom. The summed E-state index contributed by atoms with van der Waals surface area (Å²) in [5, 5.41) is 16.9. The Bertz CT molecular complexity index is 437. The topological polar surface area (TPSA) is 80.4 Å². The molecule has 0 aromatic carbocycles. The molecule has 0 radical (unpaired) electrons. The van der Waals surface area contributed by atoms with Crippen LogP contribution in [-0.2, 0) is 10.3 Å². The zero-order valence-corrected chi connectivity index (χ0v) is 12.0. The third kappa shape index (κ3) is 2.60. The molecular weight excluding hydrogens is 258 g/mol. The first-order valence-electron chi connectivity index (χ1n) is 7.63. The Kier molecular flexibility index (Phi) is 4.05. The van der Waals surface area contributed by atoms with Crippen molar-refractivity contribution in [3.63, 3.8) is 0 Å². The van der Waals surface area contributed by atoms with Crippen molar-refractivity contribution < 1.29 is 14.4 Å². The van der Waals surface area contributed by atoms with Gasteiger partial charge in [0.2, 0.25) is 11.7 Å². The maximum atomic E-state index is 9.57. The molecule has 20 heavy (non-hydrogen) atoms. The first-order chi connectivity index (χ1) is 9.73. The first kappa shape index (κ1) is 14.0. The average molecular weight is 281 g/mol. The number of aromatic nitrogens is 2. The van der Waals surface area contributed by atoms with Crippen LogP contribution in [0, 0.1) is 0 Å². The molecule has 112 valence electrons. The maximum absolute atomic E-state index is 9.57. The second kappa shape index (κ2) is 5.79. The van der Waals surface area contributed by atoms with Gasteiger partial charge in [-0.05, 0) is 26.2 Å². The second-order valence-corrected chi connectivity index (χ2v) is 5.79. The molecule has 1 saturated carbocycles. The number of ether oxygens (including phenoxy) is 1. The van der Waals surface area contributed by atoms with Gasteiger partial charge >= 0.3 is 0 Å². The van der Waals surface area contributed by atoms with Crippen LogP contribution in [0.1, 0.15) is 63.2 Å². The molecule has 1 saturated heterocycles. The molecule has 1 aromatic heterocycles. The minimum atomic E-state index is -0.369. The van der Waals surface area contributed by atoms with Crippen LogP contribution in [0.2, 0.25) is 0 Å². The fourth-order valence-electron chi connectivity index (χ4n) is 3.30. The van der Waals surface area contributed by atoms with E-state index in [0.717, 1.165) is 25.7 Å². The van der Waals surface area contributed by atoms with Crippen molar-refractivity contribution in [2.24, 2.45) is 0 Å². The Morgan fingerprint density at radius 2 is 2.20 bits per heavy atom. The maximum Gasteiger partial charge on any atom is 0.243 e. The van der Waals surface area contributed by atoms with Crippen molar-refractivity contribution in [1.82, 2.24) is 15.5 Å². The van der Waals surface area contributed by atoms with Crippen LogP contribution in [0.15, 0.2) is 4.52 Å². The Hall–Kier alpha value is -0.980. The Morgan fingerprint density at radius 1 is 1.40 bits per heavy atom. The number of β-amino-alcohol motifs (C(OH)–C–C–N with tert-alkyl or cyclic N) is 1. The van der Waals surface area contributed by atoms with E-state index in [0.29, 0.717) is 31.3 Å². The molecule has 1 aliphatic heterocycles. The molecule has 0 bridgehead atoms. The van der Waals surface area contributed by atoms with Gasteiger partial charge in [-0.15, -0.1) is 0 Å². The number of hydrogen-bond donors (Lipinski definition) is 2. The average Bonchev–Trinajstić information content (AvgIpc) is 3.09. The van der Waals surface area contributed by atoms with Crippen LogP contribution in [0.25, 0.3) is 0 Å². The van der Waals surface area contributed by atoms with Gasteiger partial charge in [0, 0.05) is 13.2 Å². The summed E-state index contributed by atoms with van der Waals surface area (Å²) in [7, 11) is 0. The lowest BCUT2D eigenvalue weighted by molar-refractivity contribution is -0.0777. The van der Waals surface area contributed by atoms with Gasteiger partial charge in [-0.2, -0.15) is 4.98 Å². The van der Waals surface area contributed by atoms with Gasteiger partial charge in [-0.3, -0.25) is 0 Å². The van der Waals surface area contributed by atoms with E-state index < -0.39 is 0 Å². The number of nitrogens with one attached hydrogen (secondary N) is 1. The van der Waals surface area contributed by atoms with Gasteiger partial charge in [-0.25, -0.2) is 0 Å². The highest BCUT2D eigenvalue weighted by Gasteiger charge is 2.40. The van der Waals surface area contributed by atoms with Gasteiger partial charge < -0.3 is 19.7 Å². The van der Waals surface area contributed by atoms with Crippen LogP contribution < -0.4 is 5.32 Å². The number of hydrogen-bond acceptors (Lipinski definition) is 6. The molecule has 1 aromatic rings. The molecule has 6 nitrogen and oxygen atoms in total. The molecule has 2 aliphatic rings. The summed E-state index contributed by atoms with van der Waals surface area (Å²) in [5.74, 6) is 1.25. The van der Waals surface area contributed by atoms with Crippen LogP contribution in [0.4, 0.5) is 0 Å². The van der Waals surface area contributed by atoms with Gasteiger partial charge in [0.05, 0.1) is 12.1 Å². The standard InChI is InChI=1S/C14H23N3O3/c1-2-19-14(6-4-3-5-7-14)13-16-12(20-17-13)11-8-10(18)9-15-11/h10-11,15,18H,2-9H2,1H3/t10?,11-/m0/s1. The van der Waals surface area contributed by atoms with Crippen LogP contribution in [0.5, 0.6) is 0 Å². The normalized spacial score (nSPS) is 29.7. The molecule has 2 fully saturated rings. The highest BCUT2D eigenvalue weighted by Crippen LogP contribution is 2.39. The number of nitrogens with zero attached hydrogens (tertiary/aromatic N) is 2. The van der Waals surface area contributed by atoms with E-state index in [9.17, 15) is 5.11 Å². The lowest BCUT2D eigenvalue weighted by atomic mass is 9.84. The van der Waals surface area contributed by atoms with E-state index >= 15 is 0 Å². The predicted octanol–water partition coefficient (Wildman–Crippen LogP) is 1.66. The summed E-state index contributed by atoms with van der Waals surface area (Å²) in [6.07, 6.45) is 5.75. The number of aliphatic hydroxyl groups excluding tert-OH is 1. The Balaban J connectivity index is 1.79. The largest absolute Gasteiger partial charge is 0.392 e. The van der Waals surface area contributed by atoms with Crippen molar-refractivity contribution in [1.29, 1.82) is 0 Å². The van der Waals surface area contributed by atoms with Crippen LogP contribution in [0.3, 0.4) is 0 Å². The van der Waals surface area contributed by atoms with E-state index in [1.165, 1.54) is 6.42 Å². The minimum absolute atomic E-state index is 0.0338. The minimum Gasteiger partial charge on any atom is -0.392 e. The quantitative estimate of drug-likeness (QED) is 0.873. The molecular formula is C14H23N3O3. The Labute approximate surface area is 118 Å². The highest BCUT2D eigenvalue weighted by atomic mass is 16.5. The lowest BCUT2D eigenvalue weighted by Gasteiger charge is -2.33. The van der Waals surface area contributed by atoms with E-state index in [2.05, 4.69) is 15.5 Å². The fourth-order valence-corrected chi connectivity index (χ4v) is 3.30. The SMILES string of the molecule is CCOC1(c2noc([C@@H]3CC(O)CN3)n2)CCCCC1. The third-order valence-electron chi connectivity index (χ3n) is 4.34. The van der Waals surface area contributed by atoms with E-state index in [1.54, 1.807) is 0 Å². The summed E-state index contributed by atoms with van der Waals surface area (Å²) in [5.41, 5.74) is -0.369. The molecule has 3 rings (SSSR count). The first-order valence-corrected chi connectivity index (χ1v) is 7.63. The van der Waals surface area contributed by atoms with Gasteiger partial charge in [0.25, 0.3) is 0 Å². The lowest BCUT2D eigenvalue weighted by Crippen LogP contribution is -2.33. The number of aliphatic hydroxyl groups is 1. The van der Waals surface area contributed by atoms with Crippen LogP contribution >= 0.6 is 0 Å². The molecule has 1 aliphatic carbocycles. The molecule has 1 unspecified atom stereocenters. The van der Waals surface area contributed by atoms with Crippen molar-refractivity contribution in [2.45, 2.75) is 63.2 Å². The summed E-state index contributed by atoms with van der Waals surface area (Å²) < 4.78 is 11.4. The smallest absolute Gasteiger partial charge is 0.243 e. The van der Waals surface area contributed by atoms with Gasteiger partial charge in [0.15, 0.2) is 0 Å². The second-order valence-electron chi connectivity index (χ2n) is 5.79. The zero-order valence-electron chi connectivity index (χ0n) is 12.0. The summed E-state index contributed by atoms with van der Waals surface area (Å²) in [6.45, 7) is 3.25. The molecule has 2 atom stereocenters. The molecule has 2 N–H and O–H groups in total. The van der Waals surface area contributed by atoms with E-state index in [4.69, 9.17) is 9.26 Å². The van der Waals surface area contributed by atoms with Crippen molar-refractivity contribution in [3.05, 3.63) is 11.7 Å². The fraction of sp³-hybridized carbons (Fsp3) is 0.857. The van der Waals surface area contributed by atoms with E-state index in [1.807, 2.05) is 6.92 Å². The predicted molar refractivity (Wildman–Crippen MR) is 72.1 cm³/mol. The van der Waals surface area contributed by atoms with E-state index in [-0.39, 0.29) is 17.7 Å². The van der Waals surface area contributed by atoms with Crippen LogP contribution in [-0.4, -0.2) is 34.5 Å². The van der Waals surface area contributed by atoms with Gasteiger partial charge in [0.1, 0.15) is 5.60 Å².